The Hall–Kier alpha value is -1.04. The molecular weight excluding hydrogens is 372 g/mol. The van der Waals surface area contributed by atoms with E-state index in [4.69, 9.17) is 0 Å². The molecule has 2 aliphatic carbocycles. The van der Waals surface area contributed by atoms with E-state index in [9.17, 15) is 0 Å². The summed E-state index contributed by atoms with van der Waals surface area (Å²) in [5.41, 5.74) is 5.23. The molecule has 2 unspecified atom stereocenters. The van der Waals surface area contributed by atoms with Gasteiger partial charge in [-0.1, -0.05) is 115 Å². The van der Waals surface area contributed by atoms with Gasteiger partial charge in [0.1, 0.15) is 0 Å². The van der Waals surface area contributed by atoms with E-state index in [-0.39, 0.29) is 0 Å². The fraction of sp³-hybridized carbons (Fsp3) is 0.742. The van der Waals surface area contributed by atoms with Crippen molar-refractivity contribution in [2.45, 2.75) is 135 Å². The second-order valence-corrected chi connectivity index (χ2v) is 11.1. The molecule has 3 rings (SSSR count). The zero-order valence-corrected chi connectivity index (χ0v) is 21.1. The standard InChI is InChI=1S/C31H50/c1-4-6-7-8-9-11-22-31(23-12-10-13-24-31)30-20-18-29(19-21-30)28-16-14-27(15-17-28)25-26(3)5-2/h16,18-21,26-27H,4-15,17,22-25H2,1-3H3. The topological polar surface area (TPSA) is 0 Å². The molecule has 2 aliphatic rings. The van der Waals surface area contributed by atoms with Gasteiger partial charge in [-0.05, 0) is 78.9 Å². The Balaban J connectivity index is 1.59. The van der Waals surface area contributed by atoms with Crippen molar-refractivity contribution >= 4 is 5.57 Å². The Morgan fingerprint density at radius 2 is 1.61 bits per heavy atom. The summed E-state index contributed by atoms with van der Waals surface area (Å²) >= 11 is 0. The Labute approximate surface area is 194 Å². The highest BCUT2D eigenvalue weighted by Crippen LogP contribution is 2.44. The summed E-state index contributed by atoms with van der Waals surface area (Å²) in [7, 11) is 0. The number of hydrogen-bond acceptors (Lipinski definition) is 0. The highest BCUT2D eigenvalue weighted by molar-refractivity contribution is 5.66. The second-order valence-electron chi connectivity index (χ2n) is 11.1. The summed E-state index contributed by atoms with van der Waals surface area (Å²) < 4.78 is 0. The van der Waals surface area contributed by atoms with Gasteiger partial charge in [-0.15, -0.1) is 0 Å². The predicted molar refractivity (Wildman–Crippen MR) is 139 cm³/mol. The van der Waals surface area contributed by atoms with Crippen LogP contribution in [0.2, 0.25) is 0 Å². The van der Waals surface area contributed by atoms with Gasteiger partial charge in [0, 0.05) is 0 Å². The van der Waals surface area contributed by atoms with Crippen LogP contribution >= 0.6 is 0 Å². The molecule has 174 valence electrons. The summed E-state index contributed by atoms with van der Waals surface area (Å²) in [5.74, 6) is 1.80. The van der Waals surface area contributed by atoms with E-state index >= 15 is 0 Å². The average molecular weight is 423 g/mol. The number of unbranched alkanes of at least 4 members (excludes halogenated alkanes) is 5. The van der Waals surface area contributed by atoms with Crippen molar-refractivity contribution in [2.24, 2.45) is 11.8 Å². The van der Waals surface area contributed by atoms with Crippen LogP contribution < -0.4 is 0 Å². The third kappa shape index (κ3) is 7.23. The number of rotatable bonds is 12. The Morgan fingerprint density at radius 1 is 0.903 bits per heavy atom. The van der Waals surface area contributed by atoms with Gasteiger partial charge in [-0.3, -0.25) is 0 Å². The largest absolute Gasteiger partial charge is 0.0804 e. The molecule has 31 heavy (non-hydrogen) atoms. The van der Waals surface area contributed by atoms with E-state index in [1.54, 1.807) is 11.1 Å². The first kappa shape index (κ1) is 24.6. The monoisotopic (exact) mass is 422 g/mol. The quantitative estimate of drug-likeness (QED) is 0.294. The van der Waals surface area contributed by atoms with Crippen molar-refractivity contribution < 1.29 is 0 Å². The molecule has 0 amide bonds. The average Bonchev–Trinajstić information content (AvgIpc) is 2.82. The SMILES string of the molecule is CCCCCCCCC1(c2ccc(C3=CCC(CC(C)CC)CC3)cc2)CCCCC1. The first-order valence-corrected chi connectivity index (χ1v) is 14.0. The molecule has 0 saturated heterocycles. The predicted octanol–water partition coefficient (Wildman–Crippen LogP) is 10.3. The summed E-state index contributed by atoms with van der Waals surface area (Å²) in [6.45, 7) is 7.07. The van der Waals surface area contributed by atoms with Crippen molar-refractivity contribution in [2.75, 3.05) is 0 Å². The van der Waals surface area contributed by atoms with E-state index in [1.165, 1.54) is 115 Å². The van der Waals surface area contributed by atoms with E-state index < -0.39 is 0 Å². The third-order valence-corrected chi connectivity index (χ3v) is 8.64. The van der Waals surface area contributed by atoms with Gasteiger partial charge in [0.05, 0.1) is 0 Å². The van der Waals surface area contributed by atoms with Gasteiger partial charge in [-0.25, -0.2) is 0 Å². The molecular formula is C31H50. The Morgan fingerprint density at radius 3 is 2.26 bits per heavy atom. The molecule has 1 aromatic rings. The van der Waals surface area contributed by atoms with Crippen LogP contribution in [0.4, 0.5) is 0 Å². The van der Waals surface area contributed by atoms with E-state index in [2.05, 4.69) is 51.1 Å². The van der Waals surface area contributed by atoms with E-state index in [0.717, 1.165) is 11.8 Å². The van der Waals surface area contributed by atoms with Crippen LogP contribution in [-0.2, 0) is 5.41 Å². The summed E-state index contributed by atoms with van der Waals surface area (Å²) in [6, 6.07) is 9.97. The molecule has 0 radical (unpaired) electrons. The minimum atomic E-state index is 0.476. The maximum Gasteiger partial charge on any atom is -0.00470 e. The van der Waals surface area contributed by atoms with Crippen molar-refractivity contribution in [3.8, 4) is 0 Å². The first-order valence-electron chi connectivity index (χ1n) is 14.0. The second kappa shape index (κ2) is 12.9. The molecule has 0 N–H and O–H groups in total. The van der Waals surface area contributed by atoms with E-state index in [1.807, 2.05) is 0 Å². The minimum Gasteiger partial charge on any atom is -0.0804 e. The lowest BCUT2D eigenvalue weighted by Crippen LogP contribution is -2.29. The van der Waals surface area contributed by atoms with Gasteiger partial charge < -0.3 is 0 Å². The lowest BCUT2D eigenvalue weighted by molar-refractivity contribution is 0.265. The zero-order valence-electron chi connectivity index (χ0n) is 21.1. The maximum absolute atomic E-state index is 2.57. The lowest BCUT2D eigenvalue weighted by atomic mass is 9.66. The highest BCUT2D eigenvalue weighted by Gasteiger charge is 2.33. The highest BCUT2D eigenvalue weighted by atomic mass is 14.4. The smallest absolute Gasteiger partial charge is 0.00470 e. The van der Waals surface area contributed by atoms with Gasteiger partial charge in [0.15, 0.2) is 0 Å². The fourth-order valence-corrected chi connectivity index (χ4v) is 6.29. The van der Waals surface area contributed by atoms with Crippen molar-refractivity contribution in [3.63, 3.8) is 0 Å². The van der Waals surface area contributed by atoms with Crippen LogP contribution in [-0.4, -0.2) is 0 Å². The minimum absolute atomic E-state index is 0.476. The van der Waals surface area contributed by atoms with Crippen molar-refractivity contribution in [1.29, 1.82) is 0 Å². The van der Waals surface area contributed by atoms with Gasteiger partial charge in [0.25, 0.3) is 0 Å². The number of benzene rings is 1. The van der Waals surface area contributed by atoms with Gasteiger partial charge in [0.2, 0.25) is 0 Å². The molecule has 0 heterocycles. The van der Waals surface area contributed by atoms with Gasteiger partial charge in [-0.2, -0.15) is 0 Å². The molecule has 1 saturated carbocycles. The molecule has 1 fully saturated rings. The van der Waals surface area contributed by atoms with Crippen LogP contribution in [0, 0.1) is 11.8 Å². The van der Waals surface area contributed by atoms with Crippen LogP contribution in [0.15, 0.2) is 30.3 Å². The summed E-state index contributed by atoms with van der Waals surface area (Å²) in [6.07, 6.45) is 26.3. The van der Waals surface area contributed by atoms with Crippen LogP contribution in [0.25, 0.3) is 5.57 Å². The van der Waals surface area contributed by atoms with Crippen LogP contribution in [0.5, 0.6) is 0 Å². The number of hydrogen-bond donors (Lipinski definition) is 0. The summed E-state index contributed by atoms with van der Waals surface area (Å²) in [4.78, 5) is 0. The molecule has 0 nitrogen and oxygen atoms in total. The lowest BCUT2D eigenvalue weighted by Gasteiger charge is -2.38. The molecule has 2 atom stereocenters. The van der Waals surface area contributed by atoms with Crippen molar-refractivity contribution in [3.05, 3.63) is 41.5 Å². The normalized spacial score (nSPS) is 22.2. The Kier molecular flexibility index (Phi) is 10.2. The molecule has 0 heteroatoms. The van der Waals surface area contributed by atoms with Crippen LogP contribution in [0.3, 0.4) is 0 Å². The van der Waals surface area contributed by atoms with E-state index in [0.29, 0.717) is 5.41 Å². The first-order chi connectivity index (χ1) is 15.2. The maximum atomic E-state index is 2.57. The third-order valence-electron chi connectivity index (χ3n) is 8.64. The molecule has 0 aromatic heterocycles. The van der Waals surface area contributed by atoms with Gasteiger partial charge >= 0.3 is 0 Å². The van der Waals surface area contributed by atoms with Crippen LogP contribution in [0.1, 0.15) is 141 Å². The summed E-state index contributed by atoms with van der Waals surface area (Å²) in [5, 5.41) is 0. The number of allylic oxidation sites excluding steroid dienone is 2. The molecule has 0 spiro atoms. The Bertz CT molecular complexity index is 643. The molecule has 1 aromatic carbocycles. The fourth-order valence-electron chi connectivity index (χ4n) is 6.29. The molecule has 0 bridgehead atoms. The zero-order chi connectivity index (χ0) is 21.9. The van der Waals surface area contributed by atoms with Crippen molar-refractivity contribution in [1.82, 2.24) is 0 Å². The molecule has 0 aliphatic heterocycles.